The molecule has 0 radical (unpaired) electrons. The van der Waals surface area contributed by atoms with Crippen molar-refractivity contribution in [3.63, 3.8) is 0 Å². The number of nitrogens with one attached hydrogen (secondary N) is 2. The molecule has 0 bridgehead atoms. The second-order valence-corrected chi connectivity index (χ2v) is 4.92. The molecule has 1 aliphatic rings. The van der Waals surface area contributed by atoms with Crippen molar-refractivity contribution in [2.45, 2.75) is 32.2 Å². The maximum absolute atomic E-state index is 11.6. The average molecular weight is 253 g/mol. The summed E-state index contributed by atoms with van der Waals surface area (Å²) in [6.07, 6.45) is 2.97. The fourth-order valence-corrected chi connectivity index (χ4v) is 1.89. The fraction of sp³-hybridized carbons (Fsp3) is 0.462. The number of hydrogen-bond acceptors (Lipinski definition) is 2. The second-order valence-electron chi connectivity index (χ2n) is 4.51. The van der Waals surface area contributed by atoms with E-state index in [0.717, 1.165) is 12.1 Å². The number of halogens is 1. The lowest BCUT2D eigenvalue weighted by molar-refractivity contribution is -0.116. The van der Waals surface area contributed by atoms with Crippen molar-refractivity contribution in [1.29, 1.82) is 0 Å². The zero-order chi connectivity index (χ0) is 12.3. The summed E-state index contributed by atoms with van der Waals surface area (Å²) in [5, 5.41) is 6.72. The number of hydrogen-bond donors (Lipinski definition) is 2. The predicted molar refractivity (Wildman–Crippen MR) is 70.5 cm³/mol. The number of carbonyl (C=O) groups is 1. The van der Waals surface area contributed by atoms with Gasteiger partial charge in [-0.25, -0.2) is 0 Å². The number of carbonyl (C=O) groups excluding carboxylic acids is 1. The van der Waals surface area contributed by atoms with Crippen molar-refractivity contribution in [3.05, 3.63) is 28.8 Å². The smallest absolute Gasteiger partial charge is 0.225 e. The van der Waals surface area contributed by atoms with E-state index in [9.17, 15) is 4.79 Å². The second kappa shape index (κ2) is 5.52. The topological polar surface area (TPSA) is 41.1 Å². The van der Waals surface area contributed by atoms with Crippen LogP contribution in [0.5, 0.6) is 0 Å². The molecule has 0 aromatic heterocycles. The van der Waals surface area contributed by atoms with E-state index in [1.165, 1.54) is 12.8 Å². The zero-order valence-corrected chi connectivity index (χ0v) is 10.7. The third-order valence-electron chi connectivity index (χ3n) is 2.76. The van der Waals surface area contributed by atoms with Gasteiger partial charge in [0.25, 0.3) is 0 Å². The van der Waals surface area contributed by atoms with Gasteiger partial charge in [-0.1, -0.05) is 17.7 Å². The van der Waals surface area contributed by atoms with Crippen molar-refractivity contribution in [2.75, 3.05) is 11.9 Å². The van der Waals surface area contributed by atoms with Crippen molar-refractivity contribution >= 4 is 23.2 Å². The molecule has 3 nitrogen and oxygen atoms in total. The minimum absolute atomic E-state index is 0.00361. The first-order valence-corrected chi connectivity index (χ1v) is 6.32. The Hall–Kier alpha value is -1.06. The highest BCUT2D eigenvalue weighted by Gasteiger charge is 2.20. The lowest BCUT2D eigenvalue weighted by Crippen LogP contribution is -2.23. The molecule has 92 valence electrons. The number of rotatable bonds is 5. The molecule has 4 heteroatoms. The maximum atomic E-state index is 11.6. The summed E-state index contributed by atoms with van der Waals surface area (Å²) in [6, 6.07) is 6.26. The summed E-state index contributed by atoms with van der Waals surface area (Å²) in [5.41, 5.74) is 1.78. The Bertz CT molecular complexity index is 416. The normalized spacial score (nSPS) is 14.7. The van der Waals surface area contributed by atoms with Gasteiger partial charge >= 0.3 is 0 Å². The highest BCUT2D eigenvalue weighted by atomic mass is 35.5. The molecule has 1 aliphatic carbocycles. The molecule has 1 saturated carbocycles. The molecule has 0 unspecified atom stereocenters. The summed E-state index contributed by atoms with van der Waals surface area (Å²) in [7, 11) is 0. The van der Waals surface area contributed by atoms with Crippen molar-refractivity contribution in [3.8, 4) is 0 Å². The molecule has 0 spiro atoms. The number of benzene rings is 1. The summed E-state index contributed by atoms with van der Waals surface area (Å²) in [5.74, 6) is 0.00361. The van der Waals surface area contributed by atoms with Gasteiger partial charge in [0.15, 0.2) is 0 Å². The molecule has 2 rings (SSSR count). The molecular weight excluding hydrogens is 236 g/mol. The van der Waals surface area contributed by atoms with Gasteiger partial charge in [-0.05, 0) is 37.5 Å². The Kier molecular flexibility index (Phi) is 4.02. The minimum Gasteiger partial charge on any atom is -0.325 e. The zero-order valence-electron chi connectivity index (χ0n) is 9.92. The molecule has 2 N–H and O–H groups in total. The minimum atomic E-state index is 0.00361. The van der Waals surface area contributed by atoms with E-state index in [2.05, 4.69) is 10.6 Å². The first kappa shape index (κ1) is 12.4. The van der Waals surface area contributed by atoms with Gasteiger partial charge in [0, 0.05) is 19.0 Å². The summed E-state index contributed by atoms with van der Waals surface area (Å²) >= 11 is 6.04. The van der Waals surface area contributed by atoms with Crippen molar-refractivity contribution in [2.24, 2.45) is 0 Å². The lowest BCUT2D eigenvalue weighted by Gasteiger charge is -2.08. The Morgan fingerprint density at radius 2 is 2.24 bits per heavy atom. The maximum Gasteiger partial charge on any atom is 0.225 e. The van der Waals surface area contributed by atoms with Crippen molar-refractivity contribution in [1.82, 2.24) is 5.32 Å². The number of amides is 1. The van der Waals surface area contributed by atoms with Gasteiger partial charge in [0.05, 0.1) is 10.7 Å². The van der Waals surface area contributed by atoms with E-state index >= 15 is 0 Å². The van der Waals surface area contributed by atoms with Crippen LogP contribution in [-0.2, 0) is 4.79 Å². The molecule has 1 fully saturated rings. The van der Waals surface area contributed by atoms with Crippen molar-refractivity contribution < 1.29 is 4.79 Å². The van der Waals surface area contributed by atoms with E-state index in [4.69, 9.17) is 11.6 Å². The van der Waals surface area contributed by atoms with Crippen LogP contribution in [0.4, 0.5) is 5.69 Å². The Morgan fingerprint density at radius 3 is 2.88 bits per heavy atom. The van der Waals surface area contributed by atoms with Gasteiger partial charge in [-0.15, -0.1) is 0 Å². The van der Waals surface area contributed by atoms with Gasteiger partial charge in [0.2, 0.25) is 5.91 Å². The molecule has 17 heavy (non-hydrogen) atoms. The van der Waals surface area contributed by atoms with Gasteiger partial charge < -0.3 is 10.6 Å². The molecular formula is C13H17ClN2O. The summed E-state index contributed by atoms with van der Waals surface area (Å²) in [6.45, 7) is 2.71. The van der Waals surface area contributed by atoms with Crippen LogP contribution in [0.3, 0.4) is 0 Å². The highest BCUT2D eigenvalue weighted by Crippen LogP contribution is 2.22. The molecule has 0 heterocycles. The molecule has 0 aliphatic heterocycles. The van der Waals surface area contributed by atoms with Gasteiger partial charge in [0.1, 0.15) is 0 Å². The first-order valence-electron chi connectivity index (χ1n) is 5.94. The van der Waals surface area contributed by atoms with E-state index in [1.54, 1.807) is 0 Å². The van der Waals surface area contributed by atoms with Crippen LogP contribution in [-0.4, -0.2) is 18.5 Å². The summed E-state index contributed by atoms with van der Waals surface area (Å²) in [4.78, 5) is 11.6. The van der Waals surface area contributed by atoms with E-state index < -0.39 is 0 Å². The van der Waals surface area contributed by atoms with E-state index in [1.807, 2.05) is 25.1 Å². The largest absolute Gasteiger partial charge is 0.325 e. The Morgan fingerprint density at radius 1 is 1.47 bits per heavy atom. The standard InChI is InChI=1S/C13H17ClN2O/c1-9-2-5-12(11(14)8-9)16-13(17)6-7-15-10-3-4-10/h2,5,8,10,15H,3-4,6-7H2,1H3,(H,16,17). The quantitative estimate of drug-likeness (QED) is 0.846. The summed E-state index contributed by atoms with van der Waals surface area (Å²) < 4.78 is 0. The Balaban J connectivity index is 1.79. The number of anilines is 1. The van der Waals surface area contributed by atoms with Crippen LogP contribution < -0.4 is 10.6 Å². The first-order chi connectivity index (χ1) is 8.15. The van der Waals surface area contributed by atoms with Gasteiger partial charge in [-0.3, -0.25) is 4.79 Å². The lowest BCUT2D eigenvalue weighted by atomic mass is 10.2. The third-order valence-corrected chi connectivity index (χ3v) is 3.07. The highest BCUT2D eigenvalue weighted by molar-refractivity contribution is 6.33. The Labute approximate surface area is 107 Å². The molecule has 1 aromatic rings. The fourth-order valence-electron chi connectivity index (χ4n) is 1.61. The molecule has 1 aromatic carbocycles. The predicted octanol–water partition coefficient (Wildman–Crippen LogP) is 2.73. The molecule has 0 atom stereocenters. The average Bonchev–Trinajstić information content (AvgIpc) is 3.06. The van der Waals surface area contributed by atoms with Crippen LogP contribution in [0.2, 0.25) is 5.02 Å². The SMILES string of the molecule is Cc1ccc(NC(=O)CCNC2CC2)c(Cl)c1. The molecule has 1 amide bonds. The van der Waals surface area contributed by atoms with Crippen LogP contribution in [0, 0.1) is 6.92 Å². The van der Waals surface area contributed by atoms with Crippen LogP contribution in [0.25, 0.3) is 0 Å². The third kappa shape index (κ3) is 4.02. The van der Waals surface area contributed by atoms with Crippen LogP contribution in [0.15, 0.2) is 18.2 Å². The number of aryl methyl sites for hydroxylation is 1. The molecule has 0 saturated heterocycles. The van der Waals surface area contributed by atoms with Crippen LogP contribution in [0.1, 0.15) is 24.8 Å². The van der Waals surface area contributed by atoms with E-state index in [0.29, 0.717) is 23.2 Å². The van der Waals surface area contributed by atoms with Gasteiger partial charge in [-0.2, -0.15) is 0 Å². The van der Waals surface area contributed by atoms with E-state index in [-0.39, 0.29) is 5.91 Å². The monoisotopic (exact) mass is 252 g/mol. The van der Waals surface area contributed by atoms with Crippen LogP contribution >= 0.6 is 11.6 Å².